The fourth-order valence-corrected chi connectivity index (χ4v) is 4.27. The molecule has 0 radical (unpaired) electrons. The van der Waals surface area contributed by atoms with Gasteiger partial charge in [0.15, 0.2) is 5.11 Å². The van der Waals surface area contributed by atoms with Crippen LogP contribution in [0.2, 0.25) is 0 Å². The highest BCUT2D eigenvalue weighted by molar-refractivity contribution is 9.10. The first-order valence-corrected chi connectivity index (χ1v) is 10.6. The summed E-state index contributed by atoms with van der Waals surface area (Å²) >= 11 is 9.38. The largest absolute Gasteiger partial charge is 0.351 e. The number of thiocarbonyl (C=S) groups is 1. The Morgan fingerprint density at radius 2 is 2.00 bits per heavy atom. The van der Waals surface area contributed by atoms with Crippen LogP contribution in [0.4, 0.5) is 5.69 Å². The second-order valence-electron chi connectivity index (χ2n) is 7.42. The van der Waals surface area contributed by atoms with Gasteiger partial charge in [0, 0.05) is 34.8 Å². The number of hydrogen-bond acceptors (Lipinski definition) is 2. The second-order valence-corrected chi connectivity index (χ2v) is 8.66. The molecule has 4 nitrogen and oxygen atoms in total. The van der Waals surface area contributed by atoms with Gasteiger partial charge >= 0.3 is 0 Å². The van der Waals surface area contributed by atoms with Gasteiger partial charge in [-0.1, -0.05) is 22.0 Å². The van der Waals surface area contributed by atoms with Crippen LogP contribution in [0.15, 0.2) is 65.5 Å². The monoisotopic (exact) mass is 454 g/mol. The van der Waals surface area contributed by atoms with E-state index in [0.29, 0.717) is 6.04 Å². The Balaban J connectivity index is 1.82. The maximum atomic E-state index is 5.78. The fourth-order valence-electron chi connectivity index (χ4n) is 3.68. The van der Waals surface area contributed by atoms with Crippen LogP contribution in [0.5, 0.6) is 0 Å². The van der Waals surface area contributed by atoms with Crippen LogP contribution in [0.25, 0.3) is 0 Å². The van der Waals surface area contributed by atoms with Gasteiger partial charge in [0.05, 0.1) is 17.8 Å². The molecule has 0 spiro atoms. The van der Waals surface area contributed by atoms with Gasteiger partial charge in [0.2, 0.25) is 0 Å². The van der Waals surface area contributed by atoms with E-state index in [4.69, 9.17) is 12.2 Å². The third-order valence-electron chi connectivity index (χ3n) is 5.19. The molecule has 1 aliphatic rings. The summed E-state index contributed by atoms with van der Waals surface area (Å²) in [6, 6.07) is 15.0. The van der Waals surface area contributed by atoms with E-state index in [1.165, 1.54) is 11.1 Å². The van der Waals surface area contributed by atoms with Crippen LogP contribution in [-0.4, -0.2) is 14.7 Å². The average molecular weight is 455 g/mol. The maximum absolute atomic E-state index is 5.78. The van der Waals surface area contributed by atoms with Crippen molar-refractivity contribution < 1.29 is 0 Å². The molecule has 3 aromatic rings. The summed E-state index contributed by atoms with van der Waals surface area (Å²) in [4.78, 5) is 6.83. The number of benzene rings is 1. The van der Waals surface area contributed by atoms with Crippen molar-refractivity contribution in [1.29, 1.82) is 0 Å². The first-order chi connectivity index (χ1) is 13.5. The Morgan fingerprint density at radius 3 is 2.64 bits per heavy atom. The number of anilines is 1. The number of pyridine rings is 1. The Bertz CT molecular complexity index is 999. The quantitative estimate of drug-likeness (QED) is 0.511. The number of nitrogens with zero attached hydrogens (tertiary/aromatic N) is 3. The Labute approximate surface area is 179 Å². The molecule has 3 heterocycles. The van der Waals surface area contributed by atoms with Crippen molar-refractivity contribution in [2.75, 3.05) is 4.90 Å². The van der Waals surface area contributed by atoms with E-state index in [9.17, 15) is 0 Å². The molecule has 0 saturated carbocycles. The van der Waals surface area contributed by atoms with Crippen molar-refractivity contribution in [3.05, 3.63) is 82.3 Å². The first kappa shape index (κ1) is 19.2. The fraction of sp³-hybridized carbons (Fsp3) is 0.273. The van der Waals surface area contributed by atoms with E-state index < -0.39 is 0 Å². The van der Waals surface area contributed by atoms with Gasteiger partial charge in [-0.2, -0.15) is 0 Å². The molecular weight excluding hydrogens is 432 g/mol. The van der Waals surface area contributed by atoms with Gasteiger partial charge in [0.1, 0.15) is 0 Å². The Hall–Kier alpha value is -2.18. The van der Waals surface area contributed by atoms with E-state index >= 15 is 0 Å². The highest BCUT2D eigenvalue weighted by Gasteiger charge is 2.41. The van der Waals surface area contributed by atoms with Gasteiger partial charge in [0.25, 0.3) is 0 Å². The van der Waals surface area contributed by atoms with Crippen molar-refractivity contribution in [1.82, 2.24) is 14.9 Å². The van der Waals surface area contributed by atoms with E-state index in [2.05, 4.69) is 99.2 Å². The molecule has 2 unspecified atom stereocenters. The molecule has 2 atom stereocenters. The molecule has 0 bridgehead atoms. The minimum Gasteiger partial charge on any atom is -0.351 e. The van der Waals surface area contributed by atoms with Gasteiger partial charge in [-0.25, -0.2) is 0 Å². The van der Waals surface area contributed by atoms with Crippen molar-refractivity contribution in [3.8, 4) is 0 Å². The van der Waals surface area contributed by atoms with Crippen LogP contribution < -0.4 is 10.2 Å². The molecule has 2 aromatic heterocycles. The third-order valence-corrected chi connectivity index (χ3v) is 6.40. The first-order valence-electron chi connectivity index (χ1n) is 9.40. The number of nitrogens with one attached hydrogen (secondary N) is 1. The summed E-state index contributed by atoms with van der Waals surface area (Å²) in [6.07, 6.45) is 6.20. The summed E-state index contributed by atoms with van der Waals surface area (Å²) in [5.74, 6) is 0. The lowest BCUT2D eigenvalue weighted by atomic mass is 9.98. The van der Waals surface area contributed by atoms with Crippen LogP contribution in [0.1, 0.15) is 48.8 Å². The van der Waals surface area contributed by atoms with Crippen LogP contribution >= 0.6 is 28.1 Å². The van der Waals surface area contributed by atoms with Crippen molar-refractivity contribution in [2.24, 2.45) is 0 Å². The lowest BCUT2D eigenvalue weighted by Crippen LogP contribution is -2.29. The molecule has 1 N–H and O–H groups in total. The topological polar surface area (TPSA) is 33.1 Å². The van der Waals surface area contributed by atoms with Gasteiger partial charge < -0.3 is 14.8 Å². The van der Waals surface area contributed by atoms with Gasteiger partial charge in [-0.3, -0.25) is 4.98 Å². The highest BCUT2D eigenvalue weighted by atomic mass is 79.9. The predicted octanol–water partition coefficient (Wildman–Crippen LogP) is 5.71. The molecule has 1 fully saturated rings. The summed E-state index contributed by atoms with van der Waals surface area (Å²) < 4.78 is 3.33. The van der Waals surface area contributed by atoms with E-state index in [1.807, 2.05) is 18.3 Å². The summed E-state index contributed by atoms with van der Waals surface area (Å²) in [7, 11) is 0. The standard InChI is InChI=1S/C22H23BrN4S/c1-14(2)26-11-9-16(13-26)21-20(19-6-4-5-10-24-19)25-22(28)27(21)17-7-8-18(23)15(3)12-17/h4-14,20-21H,1-3H3,(H,25,28). The molecule has 1 aromatic carbocycles. The SMILES string of the molecule is Cc1cc(N2C(=S)NC(c3ccccn3)C2c2ccn(C(C)C)c2)ccc1Br. The van der Waals surface area contributed by atoms with E-state index in [1.54, 1.807) is 0 Å². The number of hydrogen-bond donors (Lipinski definition) is 1. The second kappa shape index (κ2) is 7.68. The zero-order chi connectivity index (χ0) is 19.8. The molecule has 6 heteroatoms. The Kier molecular flexibility index (Phi) is 5.25. The minimum atomic E-state index is -0.0133. The number of halogens is 1. The van der Waals surface area contributed by atoms with Crippen LogP contribution in [0.3, 0.4) is 0 Å². The Morgan fingerprint density at radius 1 is 1.18 bits per heavy atom. The molecule has 1 aliphatic heterocycles. The van der Waals surface area contributed by atoms with Crippen molar-refractivity contribution in [3.63, 3.8) is 0 Å². The molecule has 4 rings (SSSR count). The predicted molar refractivity (Wildman–Crippen MR) is 122 cm³/mol. The van der Waals surface area contributed by atoms with Crippen LogP contribution in [-0.2, 0) is 0 Å². The molecular formula is C22H23BrN4S. The van der Waals surface area contributed by atoms with Crippen molar-refractivity contribution >= 4 is 38.9 Å². The lowest BCUT2D eigenvalue weighted by Gasteiger charge is -2.27. The molecule has 0 amide bonds. The summed E-state index contributed by atoms with van der Waals surface area (Å²) in [5.41, 5.74) is 4.47. The molecule has 144 valence electrons. The highest BCUT2D eigenvalue weighted by Crippen LogP contribution is 2.42. The zero-order valence-corrected chi connectivity index (χ0v) is 18.5. The summed E-state index contributed by atoms with van der Waals surface area (Å²) in [6.45, 7) is 6.47. The maximum Gasteiger partial charge on any atom is 0.174 e. The average Bonchev–Trinajstić information content (AvgIpc) is 3.29. The zero-order valence-electron chi connectivity index (χ0n) is 16.1. The smallest absolute Gasteiger partial charge is 0.174 e. The molecule has 1 saturated heterocycles. The van der Waals surface area contributed by atoms with Gasteiger partial charge in [-0.05, 0) is 80.5 Å². The molecule has 28 heavy (non-hydrogen) atoms. The number of aromatic nitrogens is 2. The third kappa shape index (κ3) is 3.47. The molecule has 0 aliphatic carbocycles. The van der Waals surface area contributed by atoms with E-state index in [-0.39, 0.29) is 12.1 Å². The summed E-state index contributed by atoms with van der Waals surface area (Å²) in [5, 5.41) is 4.24. The number of aryl methyl sites for hydroxylation is 1. The minimum absolute atomic E-state index is 0.0133. The number of rotatable bonds is 4. The van der Waals surface area contributed by atoms with E-state index in [0.717, 1.165) is 21.0 Å². The normalized spacial score (nSPS) is 19.3. The van der Waals surface area contributed by atoms with Crippen molar-refractivity contribution in [2.45, 2.75) is 38.9 Å². The van der Waals surface area contributed by atoms with Gasteiger partial charge in [-0.15, -0.1) is 0 Å². The van der Waals surface area contributed by atoms with Crippen LogP contribution in [0, 0.1) is 6.92 Å². The lowest BCUT2D eigenvalue weighted by molar-refractivity contribution is 0.560.